The molecule has 0 radical (unpaired) electrons. The molecule has 1 aromatic carbocycles. The summed E-state index contributed by atoms with van der Waals surface area (Å²) in [7, 11) is 0. The van der Waals surface area contributed by atoms with Gasteiger partial charge in [-0.15, -0.1) is 0 Å². The van der Waals surface area contributed by atoms with Gasteiger partial charge in [0.1, 0.15) is 11.0 Å². The summed E-state index contributed by atoms with van der Waals surface area (Å²) in [6, 6.07) is 10.4. The van der Waals surface area contributed by atoms with Crippen LogP contribution < -0.4 is 0 Å². The van der Waals surface area contributed by atoms with Crippen LogP contribution in [0.3, 0.4) is 0 Å². The molecule has 0 aliphatic rings. The molecular weight excluding hydrogens is 371 g/mol. The number of halogens is 2. The van der Waals surface area contributed by atoms with Crippen molar-refractivity contribution >= 4 is 34.2 Å². The van der Waals surface area contributed by atoms with Gasteiger partial charge in [-0.3, -0.25) is 0 Å². The highest BCUT2D eigenvalue weighted by atomic mass is 127. The van der Waals surface area contributed by atoms with Crippen LogP contribution in [0.5, 0.6) is 0 Å². The van der Waals surface area contributed by atoms with Gasteiger partial charge in [-0.1, -0.05) is 55.8 Å². The highest BCUT2D eigenvalue weighted by Gasteiger charge is 2.13. The van der Waals surface area contributed by atoms with E-state index in [2.05, 4.69) is 70.7 Å². The summed E-state index contributed by atoms with van der Waals surface area (Å²) in [5, 5.41) is 0.572. The average Bonchev–Trinajstić information content (AvgIpc) is 2.41. The Hall–Kier alpha value is -0.680. The van der Waals surface area contributed by atoms with E-state index in [9.17, 15) is 0 Å². The van der Waals surface area contributed by atoms with Gasteiger partial charge < -0.3 is 0 Å². The lowest BCUT2D eigenvalue weighted by atomic mass is 10.1. The number of benzene rings is 1. The van der Waals surface area contributed by atoms with Crippen LogP contribution in [0.15, 0.2) is 30.3 Å². The highest BCUT2D eigenvalue weighted by Crippen LogP contribution is 2.25. The minimum Gasteiger partial charge on any atom is -0.236 e. The molecule has 0 saturated carbocycles. The molecule has 0 spiro atoms. The second kappa shape index (κ2) is 6.66. The van der Waals surface area contributed by atoms with Gasteiger partial charge >= 0.3 is 0 Å². The summed E-state index contributed by atoms with van der Waals surface area (Å²) < 4.78 is 0.970. The van der Waals surface area contributed by atoms with Crippen molar-refractivity contribution in [2.75, 3.05) is 0 Å². The topological polar surface area (TPSA) is 25.8 Å². The summed E-state index contributed by atoms with van der Waals surface area (Å²) in [5.41, 5.74) is 2.34. The van der Waals surface area contributed by atoms with E-state index in [1.54, 1.807) is 0 Å². The zero-order chi connectivity index (χ0) is 13.8. The van der Waals surface area contributed by atoms with Gasteiger partial charge in [-0.2, -0.15) is 0 Å². The molecule has 0 atom stereocenters. The lowest BCUT2D eigenvalue weighted by molar-refractivity contribution is 0.763. The first-order valence-corrected chi connectivity index (χ1v) is 7.79. The number of aromatic nitrogens is 2. The van der Waals surface area contributed by atoms with E-state index >= 15 is 0 Å². The number of rotatable bonds is 4. The second-order valence-electron chi connectivity index (χ2n) is 4.77. The summed E-state index contributed by atoms with van der Waals surface area (Å²) >= 11 is 8.41. The summed E-state index contributed by atoms with van der Waals surface area (Å²) in [6.07, 6.45) is 1.76. The Morgan fingerprint density at radius 3 is 2.42 bits per heavy atom. The van der Waals surface area contributed by atoms with Gasteiger partial charge in [-0.05, 0) is 40.5 Å². The average molecular weight is 387 g/mol. The molecule has 2 rings (SSSR count). The maximum absolute atomic E-state index is 6.19. The zero-order valence-electron chi connectivity index (χ0n) is 11.0. The molecule has 2 aromatic rings. The molecule has 0 fully saturated rings. The van der Waals surface area contributed by atoms with Crippen LogP contribution >= 0.6 is 34.2 Å². The van der Waals surface area contributed by atoms with Gasteiger partial charge in [0.25, 0.3) is 0 Å². The SMILES string of the molecule is CC(C)c1nc(CCc2ccccc2)nc(Cl)c1I. The lowest BCUT2D eigenvalue weighted by Crippen LogP contribution is -2.06. The van der Waals surface area contributed by atoms with Crippen LogP contribution in [-0.4, -0.2) is 9.97 Å². The monoisotopic (exact) mass is 386 g/mol. The molecule has 4 heteroatoms. The van der Waals surface area contributed by atoms with Crippen molar-refractivity contribution < 1.29 is 0 Å². The molecule has 0 aliphatic carbocycles. The Balaban J connectivity index is 2.17. The summed E-state index contributed by atoms with van der Waals surface area (Å²) in [5.74, 6) is 1.20. The molecule has 2 nitrogen and oxygen atoms in total. The quantitative estimate of drug-likeness (QED) is 0.565. The van der Waals surface area contributed by atoms with Crippen molar-refractivity contribution in [2.45, 2.75) is 32.6 Å². The third kappa shape index (κ3) is 3.89. The lowest BCUT2D eigenvalue weighted by Gasteiger charge is -2.10. The molecule has 0 aliphatic heterocycles. The Morgan fingerprint density at radius 2 is 1.79 bits per heavy atom. The molecule has 100 valence electrons. The van der Waals surface area contributed by atoms with Crippen molar-refractivity contribution in [1.29, 1.82) is 0 Å². The molecule has 0 unspecified atom stereocenters. The zero-order valence-corrected chi connectivity index (χ0v) is 13.9. The minimum atomic E-state index is 0.364. The number of nitrogens with zero attached hydrogens (tertiary/aromatic N) is 2. The van der Waals surface area contributed by atoms with Crippen LogP contribution in [-0.2, 0) is 12.8 Å². The molecule has 0 saturated heterocycles. The van der Waals surface area contributed by atoms with Crippen LogP contribution in [0, 0.1) is 3.57 Å². The molecule has 19 heavy (non-hydrogen) atoms. The van der Waals surface area contributed by atoms with E-state index in [1.165, 1.54) is 5.56 Å². The van der Waals surface area contributed by atoms with Gasteiger partial charge in [0.05, 0.1) is 9.26 Å². The first kappa shape index (κ1) is 14.7. The van der Waals surface area contributed by atoms with E-state index in [4.69, 9.17) is 11.6 Å². The predicted octanol–water partition coefficient (Wildman–Crippen LogP) is 4.64. The van der Waals surface area contributed by atoms with E-state index < -0.39 is 0 Å². The van der Waals surface area contributed by atoms with Crippen LogP contribution in [0.4, 0.5) is 0 Å². The number of hydrogen-bond donors (Lipinski definition) is 0. The van der Waals surface area contributed by atoms with Gasteiger partial charge in [0, 0.05) is 6.42 Å². The fourth-order valence-electron chi connectivity index (χ4n) is 1.88. The molecular formula is C15H16ClIN2. The van der Waals surface area contributed by atoms with Gasteiger partial charge in [0.15, 0.2) is 0 Å². The van der Waals surface area contributed by atoms with Crippen LogP contribution in [0.25, 0.3) is 0 Å². The largest absolute Gasteiger partial charge is 0.236 e. The van der Waals surface area contributed by atoms with E-state index in [0.717, 1.165) is 27.9 Å². The van der Waals surface area contributed by atoms with E-state index in [1.807, 2.05) is 6.07 Å². The molecule has 1 heterocycles. The maximum atomic E-state index is 6.19. The molecule has 0 N–H and O–H groups in total. The number of hydrogen-bond acceptors (Lipinski definition) is 2. The predicted molar refractivity (Wildman–Crippen MR) is 87.7 cm³/mol. The Kier molecular flexibility index (Phi) is 5.16. The van der Waals surface area contributed by atoms with Crippen molar-refractivity contribution in [3.63, 3.8) is 0 Å². The molecule has 1 aromatic heterocycles. The first-order chi connectivity index (χ1) is 9.08. The normalized spacial score (nSPS) is 11.0. The van der Waals surface area contributed by atoms with Crippen LogP contribution in [0.1, 0.15) is 36.8 Å². The van der Waals surface area contributed by atoms with Gasteiger partial charge in [0.2, 0.25) is 0 Å². The Bertz CT molecular complexity index is 556. The maximum Gasteiger partial charge on any atom is 0.146 e. The third-order valence-corrected chi connectivity index (χ3v) is 4.57. The third-order valence-electron chi connectivity index (χ3n) is 2.91. The Labute approximate surface area is 132 Å². The van der Waals surface area contributed by atoms with E-state index in [0.29, 0.717) is 11.1 Å². The second-order valence-corrected chi connectivity index (χ2v) is 6.21. The molecule has 0 bridgehead atoms. The van der Waals surface area contributed by atoms with Gasteiger partial charge in [-0.25, -0.2) is 9.97 Å². The molecule has 0 amide bonds. The van der Waals surface area contributed by atoms with Crippen molar-refractivity contribution in [2.24, 2.45) is 0 Å². The summed E-state index contributed by atoms with van der Waals surface area (Å²) in [6.45, 7) is 4.25. The fraction of sp³-hybridized carbons (Fsp3) is 0.333. The van der Waals surface area contributed by atoms with Crippen molar-refractivity contribution in [1.82, 2.24) is 9.97 Å². The van der Waals surface area contributed by atoms with Crippen LogP contribution in [0.2, 0.25) is 5.15 Å². The Morgan fingerprint density at radius 1 is 1.11 bits per heavy atom. The minimum absolute atomic E-state index is 0.364. The standard InChI is InChI=1S/C15H16ClIN2/c1-10(2)14-13(17)15(16)19-12(18-14)9-8-11-6-4-3-5-7-11/h3-7,10H,8-9H2,1-2H3. The first-order valence-electron chi connectivity index (χ1n) is 6.33. The highest BCUT2D eigenvalue weighted by molar-refractivity contribution is 14.1. The fourth-order valence-corrected chi connectivity index (χ4v) is 2.93. The smallest absolute Gasteiger partial charge is 0.146 e. The van der Waals surface area contributed by atoms with Crippen molar-refractivity contribution in [3.8, 4) is 0 Å². The summed E-state index contributed by atoms with van der Waals surface area (Å²) in [4.78, 5) is 9.02. The van der Waals surface area contributed by atoms with E-state index in [-0.39, 0.29) is 0 Å². The van der Waals surface area contributed by atoms with Crippen molar-refractivity contribution in [3.05, 3.63) is 56.1 Å². The number of aryl methyl sites for hydroxylation is 2.